The predicted octanol–water partition coefficient (Wildman–Crippen LogP) is 6.04. The lowest BCUT2D eigenvalue weighted by Crippen LogP contribution is -2.16. The second-order valence-electron chi connectivity index (χ2n) is 8.89. The fourth-order valence-corrected chi connectivity index (χ4v) is 5.13. The molecular weight excluding hydrogens is 497 g/mol. The number of rotatable bonds is 8. The summed E-state index contributed by atoms with van der Waals surface area (Å²) in [6, 6.07) is 10.4. The van der Waals surface area contributed by atoms with Crippen molar-refractivity contribution in [2.45, 2.75) is 56.6 Å². The molecule has 0 spiro atoms. The summed E-state index contributed by atoms with van der Waals surface area (Å²) in [7, 11) is 0. The maximum atomic E-state index is 12.6. The van der Waals surface area contributed by atoms with Crippen LogP contribution < -0.4 is 5.32 Å². The number of nitrogens with zero attached hydrogens (tertiary/aromatic N) is 2. The second kappa shape index (κ2) is 9.77. The predicted molar refractivity (Wildman–Crippen MR) is 133 cm³/mol. The lowest BCUT2D eigenvalue weighted by atomic mass is 9.94. The Morgan fingerprint density at radius 3 is 2.29 bits per heavy atom. The third-order valence-corrected chi connectivity index (χ3v) is 7.51. The third-order valence-electron chi connectivity index (χ3n) is 6.03. The number of hydrogen-bond donors (Lipinski definition) is 2. The van der Waals surface area contributed by atoms with Crippen LogP contribution in [0.2, 0.25) is 10.0 Å². The molecule has 10 heteroatoms. The molecule has 1 aliphatic rings. The molecule has 4 rings (SSSR count). The van der Waals surface area contributed by atoms with Crippen LogP contribution in [0.3, 0.4) is 0 Å². The number of anilines is 1. The summed E-state index contributed by atoms with van der Waals surface area (Å²) in [6.07, 6.45) is 1.76. The van der Waals surface area contributed by atoms with Gasteiger partial charge in [0, 0.05) is 27.2 Å². The number of amides is 1. The van der Waals surface area contributed by atoms with Crippen molar-refractivity contribution in [1.82, 2.24) is 10.1 Å². The van der Waals surface area contributed by atoms with Gasteiger partial charge in [-0.15, -0.1) is 0 Å². The number of aromatic nitrogens is 2. The van der Waals surface area contributed by atoms with Crippen LogP contribution in [0.4, 0.5) is 5.69 Å². The fourth-order valence-electron chi connectivity index (χ4n) is 3.89. The Balaban J connectivity index is 1.48. The smallest absolute Gasteiger partial charge is 0.229 e. The molecular formula is C24H25Cl2N3O4S. The zero-order valence-electron chi connectivity index (χ0n) is 19.0. The van der Waals surface area contributed by atoms with E-state index in [1.54, 1.807) is 43.3 Å². The molecule has 34 heavy (non-hydrogen) atoms. The van der Waals surface area contributed by atoms with Crippen molar-refractivity contribution in [3.63, 3.8) is 0 Å². The normalized spacial score (nSPS) is 16.3. The molecule has 0 bridgehead atoms. The Morgan fingerprint density at radius 1 is 1.18 bits per heavy atom. The van der Waals surface area contributed by atoms with Gasteiger partial charge in [0.2, 0.25) is 11.8 Å². The highest BCUT2D eigenvalue weighted by Crippen LogP contribution is 2.56. The number of nitrogens with one attached hydrogen (secondary N) is 1. The van der Waals surface area contributed by atoms with Crippen molar-refractivity contribution >= 4 is 45.9 Å². The Hall–Kier alpha value is -2.26. The first kappa shape index (κ1) is 24.9. The van der Waals surface area contributed by atoms with E-state index >= 15 is 0 Å². The molecule has 3 aromatic rings. The van der Waals surface area contributed by atoms with Crippen LogP contribution in [0.5, 0.6) is 0 Å². The van der Waals surface area contributed by atoms with Gasteiger partial charge in [-0.2, -0.15) is 4.98 Å². The van der Waals surface area contributed by atoms with E-state index in [2.05, 4.69) is 15.5 Å². The average Bonchev–Trinajstić information content (AvgIpc) is 3.38. The van der Waals surface area contributed by atoms with E-state index < -0.39 is 21.7 Å². The lowest BCUT2D eigenvalue weighted by molar-refractivity contribution is -0.115. The number of carbonyl (C=O) groups excluding carboxylic acids is 1. The van der Waals surface area contributed by atoms with E-state index in [-0.39, 0.29) is 18.2 Å². The van der Waals surface area contributed by atoms with E-state index in [4.69, 9.17) is 27.7 Å². The number of halogens is 2. The molecule has 2 N–H and O–H groups in total. The molecule has 7 nitrogen and oxygen atoms in total. The fraction of sp³-hybridized carbons (Fsp3) is 0.375. The van der Waals surface area contributed by atoms with E-state index in [1.165, 1.54) is 0 Å². The van der Waals surface area contributed by atoms with E-state index in [0.29, 0.717) is 27.4 Å². The van der Waals surface area contributed by atoms with Gasteiger partial charge in [0.1, 0.15) is 0 Å². The van der Waals surface area contributed by atoms with Crippen LogP contribution in [0.15, 0.2) is 40.9 Å². The van der Waals surface area contributed by atoms with Crippen LogP contribution in [0.1, 0.15) is 73.2 Å². The van der Waals surface area contributed by atoms with Crippen LogP contribution >= 0.6 is 23.2 Å². The highest BCUT2D eigenvalue weighted by Gasteiger charge is 2.52. The lowest BCUT2D eigenvalue weighted by Gasteiger charge is -2.17. The van der Waals surface area contributed by atoms with E-state index in [1.807, 2.05) is 13.8 Å². The van der Waals surface area contributed by atoms with Crippen molar-refractivity contribution < 1.29 is 18.1 Å². The summed E-state index contributed by atoms with van der Waals surface area (Å²) in [5.74, 6) is 1.05. The number of carbonyl (C=O) groups is 1. The molecule has 0 saturated heterocycles. The van der Waals surface area contributed by atoms with Gasteiger partial charge in [-0.3, -0.25) is 4.79 Å². The molecule has 1 saturated carbocycles. The van der Waals surface area contributed by atoms with Gasteiger partial charge in [-0.25, -0.2) is 4.21 Å². The van der Waals surface area contributed by atoms with Crippen LogP contribution in [-0.2, 0) is 27.7 Å². The minimum Gasteiger partial charge on any atom is -0.339 e. The van der Waals surface area contributed by atoms with Crippen LogP contribution in [0, 0.1) is 0 Å². The standard InChI is InChI=1S/C24H25Cl2N3O4S/c1-13(2)22-28-23(29-33-22)24(8-9-24)21-18(25)11-17(12-19(21)26)27-20(30)10-15-4-6-16(7-5-15)14(3)34(31)32/h4-7,11-14H,8-10H2,1-3H3,(H,27,30)(H,31,32). The molecule has 1 aliphatic carbocycles. The summed E-state index contributed by atoms with van der Waals surface area (Å²) in [5, 5.41) is 7.39. The molecule has 1 amide bonds. The third kappa shape index (κ3) is 5.05. The summed E-state index contributed by atoms with van der Waals surface area (Å²) < 4.78 is 25.9. The maximum absolute atomic E-state index is 12.6. The van der Waals surface area contributed by atoms with Gasteiger partial charge in [0.25, 0.3) is 0 Å². The highest BCUT2D eigenvalue weighted by molar-refractivity contribution is 7.79. The van der Waals surface area contributed by atoms with Crippen molar-refractivity contribution in [1.29, 1.82) is 0 Å². The Labute approximate surface area is 210 Å². The Morgan fingerprint density at radius 2 is 1.79 bits per heavy atom. The quantitative estimate of drug-likeness (QED) is 0.349. The van der Waals surface area contributed by atoms with Crippen molar-refractivity contribution in [3.8, 4) is 0 Å². The molecule has 1 aromatic heterocycles. The van der Waals surface area contributed by atoms with Gasteiger partial charge in [0.05, 0.1) is 17.1 Å². The van der Waals surface area contributed by atoms with Gasteiger partial charge >= 0.3 is 0 Å². The summed E-state index contributed by atoms with van der Waals surface area (Å²) >= 11 is 11.3. The number of benzene rings is 2. The zero-order chi connectivity index (χ0) is 24.6. The summed E-state index contributed by atoms with van der Waals surface area (Å²) in [5.41, 5.74) is 2.29. The first-order valence-electron chi connectivity index (χ1n) is 10.9. The van der Waals surface area contributed by atoms with Crippen molar-refractivity contribution in [2.75, 3.05) is 5.32 Å². The first-order valence-corrected chi connectivity index (χ1v) is 12.9. The molecule has 2 aromatic carbocycles. The van der Waals surface area contributed by atoms with Crippen molar-refractivity contribution in [2.24, 2.45) is 0 Å². The van der Waals surface area contributed by atoms with E-state index in [9.17, 15) is 13.6 Å². The topological polar surface area (TPSA) is 105 Å². The largest absolute Gasteiger partial charge is 0.339 e. The summed E-state index contributed by atoms with van der Waals surface area (Å²) in [4.78, 5) is 17.1. The minimum atomic E-state index is -1.94. The average molecular weight is 522 g/mol. The van der Waals surface area contributed by atoms with Crippen LogP contribution in [0.25, 0.3) is 0 Å². The Kier molecular flexibility index (Phi) is 7.14. The molecule has 0 aliphatic heterocycles. The van der Waals surface area contributed by atoms with Gasteiger partial charge < -0.3 is 14.4 Å². The zero-order valence-corrected chi connectivity index (χ0v) is 21.3. The second-order valence-corrected chi connectivity index (χ2v) is 11.0. The molecule has 2 atom stereocenters. The van der Waals surface area contributed by atoms with Gasteiger partial charge in [0.15, 0.2) is 16.9 Å². The molecule has 2 unspecified atom stereocenters. The van der Waals surface area contributed by atoms with Crippen LogP contribution in [-0.4, -0.2) is 24.8 Å². The minimum absolute atomic E-state index is 0.124. The van der Waals surface area contributed by atoms with E-state index in [0.717, 1.165) is 29.5 Å². The molecule has 1 fully saturated rings. The molecule has 180 valence electrons. The Bertz CT molecular complexity index is 1220. The highest BCUT2D eigenvalue weighted by atomic mass is 35.5. The first-order chi connectivity index (χ1) is 16.1. The van der Waals surface area contributed by atoms with Gasteiger partial charge in [-0.05, 0) is 43.0 Å². The SMILES string of the molecule is CC(C)c1nc(C2(c3c(Cl)cc(NC(=O)Cc4ccc(C(C)S(=O)O)cc4)cc3Cl)CC2)no1. The summed E-state index contributed by atoms with van der Waals surface area (Å²) in [6.45, 7) is 5.64. The maximum Gasteiger partial charge on any atom is 0.229 e. The molecule has 0 radical (unpaired) electrons. The number of hydrogen-bond acceptors (Lipinski definition) is 5. The molecule has 1 heterocycles. The van der Waals surface area contributed by atoms with Crippen molar-refractivity contribution in [3.05, 3.63) is 74.8 Å². The monoisotopic (exact) mass is 521 g/mol. The van der Waals surface area contributed by atoms with Gasteiger partial charge in [-0.1, -0.05) is 66.5 Å².